The first-order chi connectivity index (χ1) is 16.8. The van der Waals surface area contributed by atoms with Crippen molar-refractivity contribution >= 4 is 11.9 Å². The van der Waals surface area contributed by atoms with E-state index in [0.29, 0.717) is 5.56 Å². The van der Waals surface area contributed by atoms with Crippen molar-refractivity contribution in [2.45, 2.75) is 30.8 Å². The van der Waals surface area contributed by atoms with E-state index in [2.05, 4.69) is 4.74 Å². The smallest absolute Gasteiger partial charge is 0.448 e. The molecule has 3 aromatic carbocycles. The monoisotopic (exact) mass is 481 g/mol. The average molecular weight is 481 g/mol. The van der Waals surface area contributed by atoms with Crippen LogP contribution in [0.4, 0.5) is 18.0 Å². The van der Waals surface area contributed by atoms with Crippen LogP contribution in [0.3, 0.4) is 0 Å². The molecule has 2 aliphatic rings. The van der Waals surface area contributed by atoms with Gasteiger partial charge in [-0.25, -0.2) is 4.79 Å². The van der Waals surface area contributed by atoms with Gasteiger partial charge >= 0.3 is 12.5 Å². The zero-order valence-corrected chi connectivity index (χ0v) is 18.6. The summed E-state index contributed by atoms with van der Waals surface area (Å²) in [7, 11) is 0. The van der Waals surface area contributed by atoms with Crippen molar-refractivity contribution in [1.29, 1.82) is 0 Å². The average Bonchev–Trinajstić information content (AvgIpc) is 3.41. The number of hydrogen-bond donors (Lipinski definition) is 0. The van der Waals surface area contributed by atoms with Crippen molar-refractivity contribution in [3.05, 3.63) is 95.6 Å². The van der Waals surface area contributed by atoms with Crippen LogP contribution in [-0.4, -0.2) is 48.4 Å². The lowest BCUT2D eigenvalue weighted by Crippen LogP contribution is -2.41. The van der Waals surface area contributed by atoms with Gasteiger partial charge < -0.3 is 4.74 Å². The molecule has 3 aromatic rings. The number of fused-ring (bicyclic) bond motifs is 3. The summed E-state index contributed by atoms with van der Waals surface area (Å²) < 4.78 is 48.4. The molecule has 1 amide bonds. The summed E-state index contributed by atoms with van der Waals surface area (Å²) in [4.78, 5) is 27.2. The van der Waals surface area contributed by atoms with Crippen LogP contribution >= 0.6 is 0 Å². The normalized spacial score (nSPS) is 19.3. The van der Waals surface area contributed by atoms with Gasteiger partial charge in [0.05, 0.1) is 12.6 Å². The fourth-order valence-electron chi connectivity index (χ4n) is 4.99. The van der Waals surface area contributed by atoms with Crippen LogP contribution < -0.4 is 0 Å². The molecule has 0 unspecified atom stereocenters. The molecule has 8 heteroatoms. The third-order valence-corrected chi connectivity index (χ3v) is 6.49. The summed E-state index contributed by atoms with van der Waals surface area (Å²) in [6, 6.07) is 22.7. The summed E-state index contributed by atoms with van der Waals surface area (Å²) in [5.74, 6) is -0.660. The molecule has 180 valence electrons. The van der Waals surface area contributed by atoms with Crippen molar-refractivity contribution in [2.24, 2.45) is 0 Å². The highest BCUT2D eigenvalue weighted by Crippen LogP contribution is 2.44. The van der Waals surface area contributed by atoms with Crippen molar-refractivity contribution in [2.75, 3.05) is 13.2 Å². The molecule has 1 heterocycles. The number of ether oxygens (including phenoxy) is 2. The maximum Gasteiger partial charge on any atom is 0.522 e. The topological polar surface area (TPSA) is 55.8 Å². The van der Waals surface area contributed by atoms with Crippen LogP contribution in [0.5, 0.6) is 0 Å². The number of hydrogen-bond acceptors (Lipinski definition) is 4. The van der Waals surface area contributed by atoms with Gasteiger partial charge in [0.2, 0.25) is 0 Å². The number of carbonyl (C=O) groups is 2. The van der Waals surface area contributed by atoms with E-state index in [4.69, 9.17) is 4.74 Å². The lowest BCUT2D eigenvalue weighted by Gasteiger charge is -2.24. The minimum absolute atomic E-state index is 0.000399. The highest BCUT2D eigenvalue weighted by molar-refractivity contribution is 6.01. The van der Waals surface area contributed by atoms with Crippen LogP contribution in [0, 0.1) is 0 Å². The van der Waals surface area contributed by atoms with Crippen LogP contribution in [0.2, 0.25) is 0 Å². The first-order valence-corrected chi connectivity index (χ1v) is 11.3. The summed E-state index contributed by atoms with van der Waals surface area (Å²) in [6.45, 7) is -0.389. The Kier molecular flexibility index (Phi) is 6.06. The van der Waals surface area contributed by atoms with Gasteiger partial charge in [-0.1, -0.05) is 78.9 Å². The number of rotatable bonds is 5. The fraction of sp³-hybridized carbons (Fsp3) is 0.259. The molecule has 0 radical (unpaired) electrons. The molecular weight excluding hydrogens is 459 g/mol. The second-order valence-electron chi connectivity index (χ2n) is 8.62. The molecule has 0 saturated carbocycles. The first kappa shape index (κ1) is 23.1. The molecule has 1 saturated heterocycles. The standard InChI is InChI=1S/C27H22F3NO4/c28-27(29,30)35-18-14-24(25(32)17-8-2-1-3-9-17)31(15-18)26(33)34-16-23-21-12-6-4-10-19(21)20-11-5-7-13-22(20)23/h1-13,18,23-24H,14-16H2/t18-,24-/m0/s1. The lowest BCUT2D eigenvalue weighted by atomic mass is 9.98. The Hall–Kier alpha value is -3.65. The number of likely N-dealkylation sites (tertiary alicyclic amines) is 1. The molecule has 0 bridgehead atoms. The van der Waals surface area contributed by atoms with E-state index in [1.807, 2.05) is 48.5 Å². The summed E-state index contributed by atoms with van der Waals surface area (Å²) in [5.41, 5.74) is 4.44. The van der Waals surface area contributed by atoms with Gasteiger partial charge in [0.1, 0.15) is 12.6 Å². The van der Waals surface area contributed by atoms with Crippen LogP contribution in [0.1, 0.15) is 33.8 Å². The highest BCUT2D eigenvalue weighted by atomic mass is 19.4. The molecule has 2 atom stereocenters. The van der Waals surface area contributed by atoms with Gasteiger partial charge in [-0.2, -0.15) is 0 Å². The third-order valence-electron chi connectivity index (χ3n) is 6.49. The molecule has 1 fully saturated rings. The Morgan fingerprint density at radius 3 is 2.03 bits per heavy atom. The number of nitrogens with zero attached hydrogens (tertiary/aromatic N) is 1. The maximum atomic E-state index is 13.1. The number of halogens is 3. The van der Waals surface area contributed by atoms with Gasteiger partial charge in [0.25, 0.3) is 0 Å². The zero-order valence-electron chi connectivity index (χ0n) is 18.6. The number of amides is 1. The molecule has 0 spiro atoms. The Labute approximate surface area is 200 Å². The minimum Gasteiger partial charge on any atom is -0.448 e. The van der Waals surface area contributed by atoms with Crippen molar-refractivity contribution < 1.29 is 32.2 Å². The fourth-order valence-corrected chi connectivity index (χ4v) is 4.99. The van der Waals surface area contributed by atoms with E-state index in [1.54, 1.807) is 30.3 Å². The van der Waals surface area contributed by atoms with Gasteiger partial charge in [-0.15, -0.1) is 13.2 Å². The number of carbonyl (C=O) groups excluding carboxylic acids is 2. The molecule has 5 rings (SSSR count). The van der Waals surface area contributed by atoms with Crippen molar-refractivity contribution in [3.8, 4) is 11.1 Å². The SMILES string of the molecule is O=C(c1ccccc1)[C@@H]1C[C@H](OC(F)(F)F)CN1C(=O)OCC1c2ccccc2-c2ccccc21. The van der Waals surface area contributed by atoms with Crippen LogP contribution in [-0.2, 0) is 9.47 Å². The number of Topliss-reactive ketones (excluding diaryl/α,β-unsaturated/α-hetero) is 1. The second-order valence-corrected chi connectivity index (χ2v) is 8.62. The largest absolute Gasteiger partial charge is 0.522 e. The summed E-state index contributed by atoms with van der Waals surface area (Å²) in [6.07, 6.45) is -7.33. The lowest BCUT2D eigenvalue weighted by molar-refractivity contribution is -0.340. The van der Waals surface area contributed by atoms with E-state index in [0.717, 1.165) is 27.2 Å². The van der Waals surface area contributed by atoms with E-state index in [1.165, 1.54) is 0 Å². The zero-order chi connectivity index (χ0) is 24.6. The summed E-state index contributed by atoms with van der Waals surface area (Å²) >= 11 is 0. The van der Waals surface area contributed by atoms with E-state index in [-0.39, 0.29) is 25.5 Å². The quantitative estimate of drug-likeness (QED) is 0.433. The Balaban J connectivity index is 1.35. The number of alkyl halides is 3. The van der Waals surface area contributed by atoms with Gasteiger partial charge in [0.15, 0.2) is 5.78 Å². The van der Waals surface area contributed by atoms with E-state index >= 15 is 0 Å². The molecule has 1 aliphatic heterocycles. The molecule has 35 heavy (non-hydrogen) atoms. The molecular formula is C27H22F3NO4. The Morgan fingerprint density at radius 2 is 1.43 bits per heavy atom. The predicted molar refractivity (Wildman–Crippen MR) is 122 cm³/mol. The molecule has 5 nitrogen and oxygen atoms in total. The van der Waals surface area contributed by atoms with Gasteiger partial charge in [0, 0.05) is 17.9 Å². The Morgan fingerprint density at radius 1 is 0.857 bits per heavy atom. The second kappa shape index (κ2) is 9.19. The number of ketones is 1. The molecule has 0 N–H and O–H groups in total. The third kappa shape index (κ3) is 4.66. The predicted octanol–water partition coefficient (Wildman–Crippen LogP) is 5.80. The highest BCUT2D eigenvalue weighted by Gasteiger charge is 2.45. The van der Waals surface area contributed by atoms with Crippen molar-refractivity contribution in [1.82, 2.24) is 4.90 Å². The molecule has 1 aliphatic carbocycles. The molecule has 0 aromatic heterocycles. The maximum absolute atomic E-state index is 13.1. The van der Waals surface area contributed by atoms with Crippen LogP contribution in [0.25, 0.3) is 11.1 Å². The van der Waals surface area contributed by atoms with Crippen LogP contribution in [0.15, 0.2) is 78.9 Å². The first-order valence-electron chi connectivity index (χ1n) is 11.3. The van der Waals surface area contributed by atoms with Gasteiger partial charge in [-0.05, 0) is 22.3 Å². The minimum atomic E-state index is -4.87. The van der Waals surface area contributed by atoms with Crippen molar-refractivity contribution in [3.63, 3.8) is 0 Å². The Bertz CT molecular complexity index is 1200. The summed E-state index contributed by atoms with van der Waals surface area (Å²) in [5, 5.41) is 0. The van der Waals surface area contributed by atoms with E-state index < -0.39 is 30.4 Å². The van der Waals surface area contributed by atoms with E-state index in [9.17, 15) is 22.8 Å². The number of benzene rings is 3. The van der Waals surface area contributed by atoms with Gasteiger partial charge in [-0.3, -0.25) is 14.4 Å².